The van der Waals surface area contributed by atoms with E-state index in [0.717, 1.165) is 12.8 Å². The van der Waals surface area contributed by atoms with E-state index in [4.69, 9.17) is 14.2 Å². The van der Waals surface area contributed by atoms with Gasteiger partial charge in [0.25, 0.3) is 5.97 Å². The van der Waals surface area contributed by atoms with Crippen molar-refractivity contribution < 1.29 is 14.2 Å². The van der Waals surface area contributed by atoms with Crippen LogP contribution in [0.2, 0.25) is 0 Å². The highest BCUT2D eigenvalue weighted by Crippen LogP contribution is 2.21. The van der Waals surface area contributed by atoms with E-state index < -0.39 is 5.97 Å². The Morgan fingerprint density at radius 3 is 1.35 bits per heavy atom. The molecule has 0 amide bonds. The number of allylic oxidation sites excluding steroid dienone is 2. The van der Waals surface area contributed by atoms with E-state index in [9.17, 15) is 0 Å². The minimum atomic E-state index is -0.849. The van der Waals surface area contributed by atoms with Gasteiger partial charge in [0.1, 0.15) is 0 Å². The van der Waals surface area contributed by atoms with Crippen LogP contribution in [0.4, 0.5) is 0 Å². The maximum atomic E-state index is 5.31. The van der Waals surface area contributed by atoms with Crippen molar-refractivity contribution in [3.8, 4) is 0 Å². The Balaban J connectivity index is 3.31. The summed E-state index contributed by atoms with van der Waals surface area (Å²) < 4.78 is 15.9. The zero-order valence-corrected chi connectivity index (χ0v) is 18.2. The van der Waals surface area contributed by atoms with Crippen LogP contribution in [-0.2, 0) is 14.2 Å². The second kappa shape index (κ2) is 19.4. The molecular formula is C23H46O3. The normalized spacial score (nSPS) is 12.3. The van der Waals surface area contributed by atoms with E-state index in [1.165, 1.54) is 89.9 Å². The molecule has 0 aromatic carbocycles. The summed E-state index contributed by atoms with van der Waals surface area (Å²) in [5, 5.41) is 0. The first kappa shape index (κ1) is 25.6. The lowest BCUT2D eigenvalue weighted by Crippen LogP contribution is -2.35. The summed E-state index contributed by atoms with van der Waals surface area (Å²) >= 11 is 0. The standard InChI is InChI=1S/C23H46O3/c1-5-6-7-8-9-10-11-12-13-14-15-16-17-18-19-20-21-22-23(24-2,25-3)26-4/h14-15H,5-13,16-22H2,1-4H3. The van der Waals surface area contributed by atoms with Gasteiger partial charge < -0.3 is 14.2 Å². The van der Waals surface area contributed by atoms with Crippen LogP contribution >= 0.6 is 0 Å². The molecule has 0 unspecified atom stereocenters. The van der Waals surface area contributed by atoms with Gasteiger partial charge in [0.15, 0.2) is 0 Å². The topological polar surface area (TPSA) is 27.7 Å². The smallest absolute Gasteiger partial charge is 0.282 e. The molecule has 0 aliphatic rings. The van der Waals surface area contributed by atoms with Crippen LogP contribution in [0.5, 0.6) is 0 Å². The molecule has 0 aromatic heterocycles. The molecule has 0 saturated heterocycles. The molecule has 0 aliphatic carbocycles. The van der Waals surface area contributed by atoms with Gasteiger partial charge in [-0.3, -0.25) is 0 Å². The highest BCUT2D eigenvalue weighted by Gasteiger charge is 2.28. The third-order valence-electron chi connectivity index (χ3n) is 5.18. The van der Waals surface area contributed by atoms with E-state index in [0.29, 0.717) is 0 Å². The van der Waals surface area contributed by atoms with Crippen LogP contribution < -0.4 is 0 Å². The number of rotatable bonds is 20. The third-order valence-corrected chi connectivity index (χ3v) is 5.18. The van der Waals surface area contributed by atoms with Crippen LogP contribution in [-0.4, -0.2) is 27.3 Å². The number of hydrogen-bond donors (Lipinski definition) is 0. The average molecular weight is 371 g/mol. The quantitative estimate of drug-likeness (QED) is 0.127. The number of methoxy groups -OCH3 is 3. The molecule has 0 heterocycles. The molecule has 0 rings (SSSR count). The van der Waals surface area contributed by atoms with Gasteiger partial charge in [-0.15, -0.1) is 0 Å². The van der Waals surface area contributed by atoms with Gasteiger partial charge in [0, 0.05) is 27.8 Å². The fourth-order valence-corrected chi connectivity index (χ4v) is 3.32. The second-order valence-corrected chi connectivity index (χ2v) is 7.34. The molecule has 0 N–H and O–H groups in total. The molecule has 0 atom stereocenters. The Labute approximate surface area is 163 Å². The first-order valence-corrected chi connectivity index (χ1v) is 11.0. The predicted molar refractivity (Wildman–Crippen MR) is 112 cm³/mol. The summed E-state index contributed by atoms with van der Waals surface area (Å²) in [7, 11) is 4.90. The van der Waals surface area contributed by atoms with Crippen molar-refractivity contribution in [3.63, 3.8) is 0 Å². The first-order chi connectivity index (χ1) is 12.7. The first-order valence-electron chi connectivity index (χ1n) is 11.0. The lowest BCUT2D eigenvalue weighted by Gasteiger charge is -2.28. The van der Waals surface area contributed by atoms with Crippen molar-refractivity contribution in [3.05, 3.63) is 12.2 Å². The summed E-state index contributed by atoms with van der Waals surface area (Å²) in [6, 6.07) is 0. The number of unbranched alkanes of at least 4 members (excludes halogenated alkanes) is 13. The number of hydrogen-bond acceptors (Lipinski definition) is 3. The van der Waals surface area contributed by atoms with Crippen LogP contribution in [0.15, 0.2) is 12.2 Å². The Hall–Kier alpha value is -0.380. The van der Waals surface area contributed by atoms with Gasteiger partial charge in [0.2, 0.25) is 0 Å². The van der Waals surface area contributed by atoms with Gasteiger partial charge in [-0.25, -0.2) is 0 Å². The Morgan fingerprint density at radius 1 is 0.538 bits per heavy atom. The Bertz CT molecular complexity index is 290. The maximum absolute atomic E-state index is 5.31. The summed E-state index contributed by atoms with van der Waals surface area (Å²) in [6.07, 6.45) is 25.5. The van der Waals surface area contributed by atoms with Crippen molar-refractivity contribution in [2.45, 2.75) is 116 Å². The molecule has 0 aliphatic heterocycles. The zero-order valence-electron chi connectivity index (χ0n) is 18.2. The fourth-order valence-electron chi connectivity index (χ4n) is 3.32. The molecule has 0 aromatic rings. The van der Waals surface area contributed by atoms with E-state index in [2.05, 4.69) is 19.1 Å². The van der Waals surface area contributed by atoms with Gasteiger partial charge in [-0.05, 0) is 32.1 Å². The largest absolute Gasteiger partial charge is 0.331 e. The fraction of sp³-hybridized carbons (Fsp3) is 0.913. The minimum Gasteiger partial charge on any atom is -0.331 e. The Kier molecular flexibility index (Phi) is 19.1. The molecule has 0 spiro atoms. The lowest BCUT2D eigenvalue weighted by atomic mass is 10.1. The van der Waals surface area contributed by atoms with Crippen molar-refractivity contribution in [2.24, 2.45) is 0 Å². The molecule has 0 fully saturated rings. The highest BCUT2D eigenvalue weighted by atomic mass is 16.9. The number of ether oxygens (including phenoxy) is 3. The van der Waals surface area contributed by atoms with Gasteiger partial charge in [-0.1, -0.05) is 83.3 Å². The van der Waals surface area contributed by atoms with Crippen molar-refractivity contribution >= 4 is 0 Å². The molecule has 0 saturated carbocycles. The summed E-state index contributed by atoms with van der Waals surface area (Å²) in [4.78, 5) is 0. The molecule has 0 bridgehead atoms. The van der Waals surface area contributed by atoms with Crippen molar-refractivity contribution in [1.82, 2.24) is 0 Å². The van der Waals surface area contributed by atoms with Gasteiger partial charge in [-0.2, -0.15) is 0 Å². The van der Waals surface area contributed by atoms with Crippen molar-refractivity contribution in [1.29, 1.82) is 0 Å². The summed E-state index contributed by atoms with van der Waals surface area (Å²) in [5.41, 5.74) is 0. The molecule has 3 nitrogen and oxygen atoms in total. The molecule has 26 heavy (non-hydrogen) atoms. The molecular weight excluding hydrogens is 324 g/mol. The maximum Gasteiger partial charge on any atom is 0.282 e. The lowest BCUT2D eigenvalue weighted by molar-refractivity contribution is -0.355. The van der Waals surface area contributed by atoms with E-state index in [1.807, 2.05) is 0 Å². The van der Waals surface area contributed by atoms with Crippen LogP contribution in [0, 0.1) is 0 Å². The van der Waals surface area contributed by atoms with Gasteiger partial charge in [0.05, 0.1) is 0 Å². The minimum absolute atomic E-state index is 0.787. The van der Waals surface area contributed by atoms with Gasteiger partial charge >= 0.3 is 0 Å². The third kappa shape index (κ3) is 14.8. The highest BCUT2D eigenvalue weighted by molar-refractivity contribution is 4.81. The summed E-state index contributed by atoms with van der Waals surface area (Å²) in [5.74, 6) is -0.849. The average Bonchev–Trinajstić information content (AvgIpc) is 2.68. The predicted octanol–water partition coefficient (Wildman–Crippen LogP) is 7.40. The van der Waals surface area contributed by atoms with Crippen LogP contribution in [0.1, 0.15) is 110 Å². The zero-order chi connectivity index (χ0) is 19.3. The van der Waals surface area contributed by atoms with Crippen molar-refractivity contribution in [2.75, 3.05) is 21.3 Å². The molecule has 3 heteroatoms. The summed E-state index contributed by atoms with van der Waals surface area (Å²) in [6.45, 7) is 2.28. The monoisotopic (exact) mass is 370 g/mol. The second-order valence-electron chi connectivity index (χ2n) is 7.34. The van der Waals surface area contributed by atoms with E-state index in [-0.39, 0.29) is 0 Å². The molecule has 0 radical (unpaired) electrons. The van der Waals surface area contributed by atoms with Crippen LogP contribution in [0.3, 0.4) is 0 Å². The van der Waals surface area contributed by atoms with Crippen LogP contribution in [0.25, 0.3) is 0 Å². The molecule has 156 valence electrons. The SMILES string of the molecule is CCCCCCCCCCC=CCCCCCCCC(OC)(OC)OC. The van der Waals surface area contributed by atoms with E-state index >= 15 is 0 Å². The van der Waals surface area contributed by atoms with E-state index in [1.54, 1.807) is 21.3 Å². The Morgan fingerprint density at radius 2 is 0.923 bits per heavy atom.